The van der Waals surface area contributed by atoms with E-state index in [-0.39, 0.29) is 0 Å². The van der Waals surface area contributed by atoms with E-state index in [0.29, 0.717) is 6.04 Å². The Morgan fingerprint density at radius 2 is 1.45 bits per heavy atom. The molecule has 64 valence electrons. The van der Waals surface area contributed by atoms with Gasteiger partial charge in [-0.25, -0.2) is 0 Å². The Hall–Kier alpha value is -0.0400. The maximum atomic E-state index is 6.17. The van der Waals surface area contributed by atoms with Crippen molar-refractivity contribution >= 4 is 0 Å². The first-order chi connectivity index (χ1) is 5.22. The van der Waals surface area contributed by atoms with Gasteiger partial charge in [0.1, 0.15) is 0 Å². The number of rotatable bonds is 0. The van der Waals surface area contributed by atoms with E-state index in [1.807, 2.05) is 0 Å². The van der Waals surface area contributed by atoms with Gasteiger partial charge in [0.05, 0.1) is 0 Å². The standard InChI is InChI=1S/C10H19N/c1-6-7(2)9-5-3-4-8(6)10(9)11/h6-10H,3-5,11H2,1-2H3/t6-,7+,8+,9-,10?. The van der Waals surface area contributed by atoms with Gasteiger partial charge in [0.2, 0.25) is 0 Å². The quantitative estimate of drug-likeness (QED) is 0.566. The van der Waals surface area contributed by atoms with Crippen molar-refractivity contribution in [3.63, 3.8) is 0 Å². The smallest absolute Gasteiger partial charge is 0.0101 e. The average molecular weight is 153 g/mol. The summed E-state index contributed by atoms with van der Waals surface area (Å²) in [6, 6.07) is 0.536. The molecule has 0 aromatic heterocycles. The fraction of sp³-hybridized carbons (Fsp3) is 1.00. The molecule has 2 aliphatic carbocycles. The Labute approximate surface area is 69.4 Å². The van der Waals surface area contributed by atoms with Gasteiger partial charge >= 0.3 is 0 Å². The summed E-state index contributed by atoms with van der Waals surface area (Å²) in [5.74, 6) is 3.47. The molecule has 0 aromatic rings. The third kappa shape index (κ3) is 0.936. The second-order valence-electron chi connectivity index (χ2n) is 4.55. The van der Waals surface area contributed by atoms with Crippen LogP contribution >= 0.6 is 0 Å². The predicted molar refractivity (Wildman–Crippen MR) is 47.1 cm³/mol. The van der Waals surface area contributed by atoms with Gasteiger partial charge in [-0.3, -0.25) is 0 Å². The van der Waals surface area contributed by atoms with Crippen LogP contribution in [0.1, 0.15) is 33.1 Å². The second-order valence-corrected chi connectivity index (χ2v) is 4.55. The lowest BCUT2D eigenvalue weighted by atomic mass is 9.83. The molecule has 0 radical (unpaired) electrons. The van der Waals surface area contributed by atoms with E-state index in [0.717, 1.165) is 23.7 Å². The van der Waals surface area contributed by atoms with Crippen LogP contribution in [-0.4, -0.2) is 6.04 Å². The van der Waals surface area contributed by atoms with Crippen LogP contribution in [0, 0.1) is 23.7 Å². The van der Waals surface area contributed by atoms with E-state index < -0.39 is 0 Å². The van der Waals surface area contributed by atoms with Crippen LogP contribution in [0.25, 0.3) is 0 Å². The van der Waals surface area contributed by atoms with Crippen LogP contribution in [0.15, 0.2) is 0 Å². The Kier molecular flexibility index (Phi) is 1.71. The molecule has 1 unspecified atom stereocenters. The zero-order valence-corrected chi connectivity index (χ0v) is 7.59. The monoisotopic (exact) mass is 153 g/mol. The van der Waals surface area contributed by atoms with Gasteiger partial charge in [-0.1, -0.05) is 20.3 Å². The Bertz CT molecular complexity index is 131. The molecule has 1 heteroatoms. The molecular weight excluding hydrogens is 134 g/mol. The van der Waals surface area contributed by atoms with Crippen molar-refractivity contribution < 1.29 is 0 Å². The molecule has 2 saturated carbocycles. The van der Waals surface area contributed by atoms with Crippen molar-refractivity contribution in [2.24, 2.45) is 29.4 Å². The highest BCUT2D eigenvalue weighted by Gasteiger charge is 2.45. The first-order valence-electron chi connectivity index (χ1n) is 4.97. The Morgan fingerprint density at radius 3 is 1.82 bits per heavy atom. The topological polar surface area (TPSA) is 26.0 Å². The van der Waals surface area contributed by atoms with Crippen molar-refractivity contribution in [2.45, 2.75) is 39.2 Å². The van der Waals surface area contributed by atoms with Crippen LogP contribution in [0.3, 0.4) is 0 Å². The van der Waals surface area contributed by atoms with E-state index in [4.69, 9.17) is 5.73 Å². The molecule has 0 amide bonds. The first kappa shape index (κ1) is 7.60. The molecule has 2 aliphatic rings. The van der Waals surface area contributed by atoms with Gasteiger partial charge in [-0.2, -0.15) is 0 Å². The second kappa shape index (κ2) is 2.48. The van der Waals surface area contributed by atoms with E-state index in [2.05, 4.69) is 13.8 Å². The number of hydrogen-bond acceptors (Lipinski definition) is 1. The maximum absolute atomic E-state index is 6.17. The highest BCUT2D eigenvalue weighted by atomic mass is 14.7. The van der Waals surface area contributed by atoms with Crippen molar-refractivity contribution in [3.8, 4) is 0 Å². The SMILES string of the molecule is C[C@@H]1[C@H](C)[C@H]2CCC[C@@H]1C2N. The molecule has 0 aliphatic heterocycles. The summed E-state index contributed by atoms with van der Waals surface area (Å²) in [4.78, 5) is 0. The van der Waals surface area contributed by atoms with E-state index in [9.17, 15) is 0 Å². The highest BCUT2D eigenvalue weighted by Crippen LogP contribution is 2.48. The van der Waals surface area contributed by atoms with Crippen molar-refractivity contribution in [1.82, 2.24) is 0 Å². The summed E-state index contributed by atoms with van der Waals surface area (Å²) < 4.78 is 0. The van der Waals surface area contributed by atoms with Gasteiger partial charge in [0, 0.05) is 6.04 Å². The fourth-order valence-corrected chi connectivity index (χ4v) is 3.30. The van der Waals surface area contributed by atoms with Crippen LogP contribution in [0.5, 0.6) is 0 Å². The minimum absolute atomic E-state index is 0.536. The van der Waals surface area contributed by atoms with Crippen molar-refractivity contribution in [2.75, 3.05) is 0 Å². The largest absolute Gasteiger partial charge is 0.327 e. The third-order valence-electron chi connectivity index (χ3n) is 4.24. The Balaban J connectivity index is 2.21. The minimum Gasteiger partial charge on any atom is -0.327 e. The zero-order valence-electron chi connectivity index (χ0n) is 7.59. The molecular formula is C10H19N. The third-order valence-corrected chi connectivity index (χ3v) is 4.24. The zero-order chi connectivity index (χ0) is 8.01. The van der Waals surface area contributed by atoms with Crippen molar-refractivity contribution in [3.05, 3.63) is 0 Å². The molecule has 2 rings (SSSR count). The minimum atomic E-state index is 0.536. The molecule has 0 spiro atoms. The lowest BCUT2D eigenvalue weighted by molar-refractivity contribution is 0.281. The molecule has 2 bridgehead atoms. The molecule has 2 N–H and O–H groups in total. The Morgan fingerprint density at radius 1 is 1.00 bits per heavy atom. The normalized spacial score (nSPS) is 56.5. The summed E-state index contributed by atoms with van der Waals surface area (Å²) >= 11 is 0. The average Bonchev–Trinajstić information content (AvgIpc) is 2.19. The van der Waals surface area contributed by atoms with Crippen LogP contribution in [0.2, 0.25) is 0 Å². The number of fused-ring (bicyclic) bond motifs is 2. The van der Waals surface area contributed by atoms with Gasteiger partial charge in [0.25, 0.3) is 0 Å². The lowest BCUT2D eigenvalue weighted by Crippen LogP contribution is -2.35. The van der Waals surface area contributed by atoms with Gasteiger partial charge < -0.3 is 5.73 Å². The molecule has 5 atom stereocenters. The van der Waals surface area contributed by atoms with Gasteiger partial charge in [-0.05, 0) is 36.5 Å². The summed E-state index contributed by atoms with van der Waals surface area (Å²) in [5, 5.41) is 0. The maximum Gasteiger partial charge on any atom is 0.0101 e. The summed E-state index contributed by atoms with van der Waals surface area (Å²) in [7, 11) is 0. The lowest BCUT2D eigenvalue weighted by Gasteiger charge is -2.27. The predicted octanol–water partition coefficient (Wildman–Crippen LogP) is 2.02. The molecule has 0 aromatic carbocycles. The first-order valence-corrected chi connectivity index (χ1v) is 4.97. The number of nitrogens with two attached hydrogens (primary N) is 1. The van der Waals surface area contributed by atoms with E-state index in [1.54, 1.807) is 0 Å². The van der Waals surface area contributed by atoms with Gasteiger partial charge in [0.15, 0.2) is 0 Å². The highest BCUT2D eigenvalue weighted by molar-refractivity contribution is 4.98. The van der Waals surface area contributed by atoms with E-state index in [1.165, 1.54) is 19.3 Å². The molecule has 0 saturated heterocycles. The van der Waals surface area contributed by atoms with Crippen molar-refractivity contribution in [1.29, 1.82) is 0 Å². The van der Waals surface area contributed by atoms with E-state index >= 15 is 0 Å². The summed E-state index contributed by atoms with van der Waals surface area (Å²) in [6.45, 7) is 4.78. The van der Waals surface area contributed by atoms with Crippen LogP contribution < -0.4 is 5.73 Å². The fourth-order valence-electron chi connectivity index (χ4n) is 3.30. The molecule has 11 heavy (non-hydrogen) atoms. The molecule has 0 heterocycles. The molecule has 2 fully saturated rings. The summed E-state index contributed by atoms with van der Waals surface area (Å²) in [6.07, 6.45) is 4.21. The summed E-state index contributed by atoms with van der Waals surface area (Å²) in [5.41, 5.74) is 6.17. The number of hydrogen-bond donors (Lipinski definition) is 1. The van der Waals surface area contributed by atoms with Gasteiger partial charge in [-0.15, -0.1) is 0 Å². The molecule has 1 nitrogen and oxygen atoms in total. The van der Waals surface area contributed by atoms with Crippen LogP contribution in [-0.2, 0) is 0 Å². The van der Waals surface area contributed by atoms with Crippen LogP contribution in [0.4, 0.5) is 0 Å².